The van der Waals surface area contributed by atoms with Crippen LogP contribution in [0.25, 0.3) is 21.7 Å². The van der Waals surface area contributed by atoms with E-state index < -0.39 is 0 Å². The smallest absolute Gasteiger partial charge is 0.268 e. The third-order valence-corrected chi connectivity index (χ3v) is 8.93. The second kappa shape index (κ2) is 10.5. The zero-order valence-electron chi connectivity index (χ0n) is 21.7. The van der Waals surface area contributed by atoms with E-state index in [0.29, 0.717) is 52.4 Å². The summed E-state index contributed by atoms with van der Waals surface area (Å²) in [6.45, 7) is 4.74. The number of hydrogen-bond acceptors (Lipinski definition) is 8. The van der Waals surface area contributed by atoms with Gasteiger partial charge in [0.2, 0.25) is 11.7 Å². The van der Waals surface area contributed by atoms with E-state index in [4.69, 9.17) is 9.47 Å². The highest BCUT2D eigenvalue weighted by Crippen LogP contribution is 2.37. The first-order chi connectivity index (χ1) is 19.0. The average molecular weight is 562 g/mol. The molecule has 39 heavy (non-hydrogen) atoms. The number of carbonyl (C=O) groups excluding carboxylic acids is 1. The molecule has 6 rings (SSSR count). The van der Waals surface area contributed by atoms with E-state index in [1.807, 2.05) is 46.9 Å². The highest BCUT2D eigenvalue weighted by atomic mass is 32.2. The van der Waals surface area contributed by atoms with E-state index in [2.05, 4.69) is 29.4 Å². The minimum Gasteiger partial charge on any atom is -0.495 e. The molecule has 5 aromatic rings. The predicted molar refractivity (Wildman–Crippen MR) is 153 cm³/mol. The summed E-state index contributed by atoms with van der Waals surface area (Å²) in [4.78, 5) is 28.7. The first kappa shape index (κ1) is 25.6. The number of methoxy groups -OCH3 is 1. The van der Waals surface area contributed by atoms with Gasteiger partial charge < -0.3 is 14.8 Å². The number of carbonyl (C=O) groups is 1. The van der Waals surface area contributed by atoms with Crippen LogP contribution in [-0.2, 0) is 22.6 Å². The van der Waals surface area contributed by atoms with Gasteiger partial charge in [-0.25, -0.2) is 8.97 Å². The SMILES string of the molecule is COc1ccccc1NC(=O)CSc1nnc2n(-c3ccccc3)c(=O)c3c4c(sc3n12)CO[C@@H](C(C)C)C4. The molecule has 1 aliphatic heterocycles. The Labute approximate surface area is 232 Å². The Bertz CT molecular complexity index is 1740. The van der Waals surface area contributed by atoms with Crippen LogP contribution in [-0.4, -0.2) is 44.0 Å². The van der Waals surface area contributed by atoms with Gasteiger partial charge in [0.25, 0.3) is 5.56 Å². The van der Waals surface area contributed by atoms with Crippen LogP contribution in [0.2, 0.25) is 0 Å². The number of para-hydroxylation sites is 3. The van der Waals surface area contributed by atoms with E-state index in [0.717, 1.165) is 15.3 Å². The second-order valence-electron chi connectivity index (χ2n) is 9.61. The van der Waals surface area contributed by atoms with E-state index >= 15 is 0 Å². The molecule has 0 radical (unpaired) electrons. The first-order valence-electron chi connectivity index (χ1n) is 12.6. The van der Waals surface area contributed by atoms with Gasteiger partial charge in [0.15, 0.2) is 5.16 Å². The van der Waals surface area contributed by atoms with E-state index in [1.165, 1.54) is 23.1 Å². The fraction of sp³-hybridized carbons (Fsp3) is 0.286. The first-order valence-corrected chi connectivity index (χ1v) is 14.4. The van der Waals surface area contributed by atoms with Crippen LogP contribution in [0.1, 0.15) is 24.3 Å². The Morgan fingerprint density at radius 2 is 1.95 bits per heavy atom. The summed E-state index contributed by atoms with van der Waals surface area (Å²) in [7, 11) is 1.56. The van der Waals surface area contributed by atoms with Crippen molar-refractivity contribution in [2.24, 2.45) is 5.92 Å². The molecule has 3 aromatic heterocycles. The summed E-state index contributed by atoms with van der Waals surface area (Å²) in [5.74, 6) is 1.23. The number of thiophene rings is 1. The number of amides is 1. The number of nitrogens with one attached hydrogen (secondary N) is 1. The third-order valence-electron chi connectivity index (χ3n) is 6.81. The Balaban J connectivity index is 1.44. The topological polar surface area (TPSA) is 99.7 Å². The van der Waals surface area contributed by atoms with Crippen LogP contribution in [0.5, 0.6) is 5.75 Å². The molecule has 0 bridgehead atoms. The summed E-state index contributed by atoms with van der Waals surface area (Å²) >= 11 is 2.81. The molecule has 0 fully saturated rings. The minimum atomic E-state index is -0.201. The summed E-state index contributed by atoms with van der Waals surface area (Å²) in [5, 5.41) is 12.9. The lowest BCUT2D eigenvalue weighted by atomic mass is 9.96. The molecule has 0 spiro atoms. The number of anilines is 1. The zero-order chi connectivity index (χ0) is 27.1. The number of aromatic nitrogens is 4. The second-order valence-corrected chi connectivity index (χ2v) is 11.6. The van der Waals surface area contributed by atoms with Crippen molar-refractivity contribution in [2.75, 3.05) is 18.2 Å². The van der Waals surface area contributed by atoms with E-state index in [-0.39, 0.29) is 23.3 Å². The number of benzene rings is 2. The van der Waals surface area contributed by atoms with Crippen LogP contribution >= 0.6 is 23.1 Å². The van der Waals surface area contributed by atoms with Crippen molar-refractivity contribution in [2.45, 2.75) is 38.1 Å². The van der Waals surface area contributed by atoms with Crippen molar-refractivity contribution in [3.63, 3.8) is 0 Å². The van der Waals surface area contributed by atoms with Gasteiger partial charge in [0, 0.05) is 11.3 Å². The van der Waals surface area contributed by atoms with Gasteiger partial charge in [0.05, 0.1) is 42.3 Å². The van der Waals surface area contributed by atoms with Crippen molar-refractivity contribution >= 4 is 50.7 Å². The molecular weight excluding hydrogens is 534 g/mol. The van der Waals surface area contributed by atoms with Crippen LogP contribution in [0, 0.1) is 5.92 Å². The maximum Gasteiger partial charge on any atom is 0.268 e. The lowest BCUT2D eigenvalue weighted by Crippen LogP contribution is -2.28. The quantitative estimate of drug-likeness (QED) is 0.281. The van der Waals surface area contributed by atoms with Crippen LogP contribution in [0.15, 0.2) is 64.5 Å². The fourth-order valence-electron chi connectivity index (χ4n) is 4.83. The number of thioether (sulfide) groups is 1. The van der Waals surface area contributed by atoms with E-state index in [1.54, 1.807) is 23.8 Å². The monoisotopic (exact) mass is 561 g/mol. The number of hydrogen-bond donors (Lipinski definition) is 1. The Morgan fingerprint density at radius 1 is 1.18 bits per heavy atom. The molecule has 11 heteroatoms. The molecule has 1 amide bonds. The number of rotatable bonds is 7. The third kappa shape index (κ3) is 4.60. The Morgan fingerprint density at radius 3 is 2.72 bits per heavy atom. The molecule has 1 atom stereocenters. The van der Waals surface area contributed by atoms with Crippen LogP contribution in [0.4, 0.5) is 5.69 Å². The van der Waals surface area contributed by atoms with Crippen molar-refractivity contribution in [1.82, 2.24) is 19.2 Å². The highest BCUT2D eigenvalue weighted by molar-refractivity contribution is 7.99. The minimum absolute atomic E-state index is 0.0454. The molecule has 9 nitrogen and oxygen atoms in total. The maximum atomic E-state index is 14.1. The normalized spacial score (nSPS) is 15.1. The van der Waals surface area contributed by atoms with Crippen molar-refractivity contribution in [3.8, 4) is 11.4 Å². The summed E-state index contributed by atoms with van der Waals surface area (Å²) in [5.41, 5.74) is 2.22. The van der Waals surface area contributed by atoms with Crippen LogP contribution in [0.3, 0.4) is 0 Å². The zero-order valence-corrected chi connectivity index (χ0v) is 23.3. The molecule has 0 aliphatic carbocycles. The fourth-order valence-corrected chi connectivity index (χ4v) is 6.87. The highest BCUT2D eigenvalue weighted by Gasteiger charge is 2.30. The van der Waals surface area contributed by atoms with Gasteiger partial charge in [0.1, 0.15) is 10.6 Å². The van der Waals surface area contributed by atoms with Crippen molar-refractivity contribution in [3.05, 3.63) is 75.4 Å². The molecule has 0 unspecified atom stereocenters. The van der Waals surface area contributed by atoms with Crippen molar-refractivity contribution in [1.29, 1.82) is 0 Å². The maximum absolute atomic E-state index is 14.1. The van der Waals surface area contributed by atoms with Gasteiger partial charge in [-0.1, -0.05) is 55.9 Å². The average Bonchev–Trinajstić information content (AvgIpc) is 3.54. The summed E-state index contributed by atoms with van der Waals surface area (Å²) in [6.07, 6.45) is 0.720. The van der Waals surface area contributed by atoms with Gasteiger partial charge in [-0.15, -0.1) is 21.5 Å². The Hall–Kier alpha value is -3.67. The molecule has 200 valence electrons. The van der Waals surface area contributed by atoms with Gasteiger partial charge in [-0.2, -0.15) is 0 Å². The lowest BCUT2D eigenvalue weighted by Gasteiger charge is -2.26. The Kier molecular flexibility index (Phi) is 6.88. The molecule has 0 saturated carbocycles. The van der Waals surface area contributed by atoms with E-state index in [9.17, 15) is 9.59 Å². The molecule has 4 heterocycles. The standard InChI is InChI=1S/C28H27N5O4S2/c1-16(2)21-13-18-22(14-37-21)39-26-24(18)25(35)32(17-9-5-4-6-10-17)27-30-31-28(33(26)27)38-15-23(34)29-19-11-7-8-12-20(19)36-3/h4-12,16,21H,13-15H2,1-3H3,(H,29,34)/t21-/m1/s1. The molecular formula is C28H27N5O4S2. The number of fused-ring (bicyclic) bond motifs is 5. The molecule has 2 aromatic carbocycles. The summed E-state index contributed by atoms with van der Waals surface area (Å²) in [6, 6.07) is 16.7. The van der Waals surface area contributed by atoms with Gasteiger partial charge >= 0.3 is 0 Å². The lowest BCUT2D eigenvalue weighted by molar-refractivity contribution is -0.113. The molecule has 1 aliphatic rings. The predicted octanol–water partition coefficient (Wildman–Crippen LogP) is 4.93. The van der Waals surface area contributed by atoms with Crippen LogP contribution < -0.4 is 15.6 Å². The number of nitrogens with zero attached hydrogens (tertiary/aromatic N) is 4. The molecule has 1 N–H and O–H groups in total. The van der Waals surface area contributed by atoms with Gasteiger partial charge in [-0.3, -0.25) is 9.59 Å². The van der Waals surface area contributed by atoms with Crippen molar-refractivity contribution < 1.29 is 14.3 Å². The van der Waals surface area contributed by atoms with Gasteiger partial charge in [-0.05, 0) is 35.7 Å². The largest absolute Gasteiger partial charge is 0.495 e. The number of ether oxygens (including phenoxy) is 2. The summed E-state index contributed by atoms with van der Waals surface area (Å²) < 4.78 is 15.0. The molecule has 0 saturated heterocycles.